The molecule has 0 saturated carbocycles. The van der Waals surface area contributed by atoms with Crippen LogP contribution in [0.5, 0.6) is 0 Å². The summed E-state index contributed by atoms with van der Waals surface area (Å²) in [5.74, 6) is 0.627. The number of nitrogens with one attached hydrogen (secondary N) is 1. The van der Waals surface area contributed by atoms with E-state index in [9.17, 15) is 4.79 Å². The topological polar surface area (TPSA) is 38.3 Å². The third-order valence-corrected chi connectivity index (χ3v) is 2.25. The average molecular weight is 269 g/mol. The number of hydrogen-bond donors (Lipinski definition) is 1. The van der Waals surface area contributed by atoms with Gasteiger partial charge in [-0.15, -0.1) is 0 Å². The molecule has 0 spiro atoms. The van der Waals surface area contributed by atoms with Crippen molar-refractivity contribution in [3.63, 3.8) is 0 Å². The van der Waals surface area contributed by atoms with Gasteiger partial charge >= 0.3 is 0 Å². The highest BCUT2D eigenvalue weighted by molar-refractivity contribution is 14.1. The van der Waals surface area contributed by atoms with Crippen molar-refractivity contribution in [2.45, 2.75) is 12.8 Å². The Bertz CT molecular complexity index is 134. The van der Waals surface area contributed by atoms with Gasteiger partial charge in [0.2, 0.25) is 0 Å². The molecule has 0 bridgehead atoms. The van der Waals surface area contributed by atoms with Gasteiger partial charge in [0.05, 0.1) is 0 Å². The summed E-state index contributed by atoms with van der Waals surface area (Å²) in [6.45, 7) is 2.51. The lowest BCUT2D eigenvalue weighted by Gasteiger charge is -2.21. The van der Waals surface area contributed by atoms with Crippen LogP contribution >= 0.6 is 22.6 Å². The predicted molar refractivity (Wildman–Crippen MR) is 51.0 cm³/mol. The van der Waals surface area contributed by atoms with Crippen LogP contribution in [0.15, 0.2) is 0 Å². The Morgan fingerprint density at radius 2 is 2.18 bits per heavy atom. The number of halogens is 1. The number of ether oxygens (including phenoxy) is 1. The lowest BCUT2D eigenvalue weighted by Crippen LogP contribution is -2.28. The van der Waals surface area contributed by atoms with Gasteiger partial charge in [0, 0.05) is 42.3 Å². The molecule has 1 amide bonds. The van der Waals surface area contributed by atoms with E-state index < -0.39 is 0 Å². The van der Waals surface area contributed by atoms with Crippen molar-refractivity contribution >= 4 is 26.5 Å². The molecule has 1 N–H and O–H groups in total. The molecule has 1 aliphatic rings. The molecule has 0 aliphatic carbocycles. The molecular formula is C7H12INO2. The summed E-state index contributed by atoms with van der Waals surface area (Å²) in [5, 5.41) is 2.81. The molecule has 0 radical (unpaired) electrons. The zero-order chi connectivity index (χ0) is 8.10. The molecule has 3 nitrogen and oxygen atoms in total. The van der Waals surface area contributed by atoms with Crippen LogP contribution in [0.4, 0.5) is 4.79 Å². The second-order valence-electron chi connectivity index (χ2n) is 2.71. The molecule has 4 heteroatoms. The van der Waals surface area contributed by atoms with E-state index in [0.717, 1.165) is 32.6 Å². The summed E-state index contributed by atoms with van der Waals surface area (Å²) in [5.41, 5.74) is 0. The Balaban J connectivity index is 2.09. The average Bonchev–Trinajstić information content (AvgIpc) is 2.03. The second-order valence-corrected chi connectivity index (χ2v) is 3.69. The minimum atomic E-state index is 0.0362. The van der Waals surface area contributed by atoms with E-state index in [1.54, 1.807) is 22.6 Å². The van der Waals surface area contributed by atoms with Crippen molar-refractivity contribution in [3.8, 4) is 0 Å². The Morgan fingerprint density at radius 3 is 2.73 bits per heavy atom. The molecule has 64 valence electrons. The summed E-state index contributed by atoms with van der Waals surface area (Å²) >= 11 is 1.76. The molecule has 1 fully saturated rings. The highest BCUT2D eigenvalue weighted by atomic mass is 127. The lowest BCUT2D eigenvalue weighted by molar-refractivity contribution is 0.0672. The fourth-order valence-corrected chi connectivity index (χ4v) is 1.40. The summed E-state index contributed by atoms with van der Waals surface area (Å²) < 4.78 is 5.23. The van der Waals surface area contributed by atoms with Crippen molar-refractivity contribution in [3.05, 3.63) is 0 Å². The molecule has 0 aromatic rings. The van der Waals surface area contributed by atoms with E-state index >= 15 is 0 Å². The molecule has 1 rings (SSSR count). The van der Waals surface area contributed by atoms with E-state index in [-0.39, 0.29) is 3.91 Å². The Morgan fingerprint density at radius 1 is 1.55 bits per heavy atom. The maximum Gasteiger partial charge on any atom is 0.280 e. The van der Waals surface area contributed by atoms with Crippen LogP contribution < -0.4 is 5.32 Å². The highest BCUT2D eigenvalue weighted by Gasteiger charge is 2.13. The minimum absolute atomic E-state index is 0.0362. The Hall–Kier alpha value is 0.160. The fourth-order valence-electron chi connectivity index (χ4n) is 1.18. The first kappa shape index (κ1) is 9.25. The maximum atomic E-state index is 10.5. The Kier molecular flexibility index (Phi) is 4.14. The van der Waals surface area contributed by atoms with Gasteiger partial charge in [-0.3, -0.25) is 4.79 Å². The van der Waals surface area contributed by atoms with Gasteiger partial charge in [0.1, 0.15) is 0 Å². The largest absolute Gasteiger partial charge is 0.381 e. The van der Waals surface area contributed by atoms with Crippen LogP contribution in [-0.2, 0) is 4.74 Å². The van der Waals surface area contributed by atoms with E-state index in [1.165, 1.54) is 0 Å². The summed E-state index contributed by atoms with van der Waals surface area (Å²) in [7, 11) is 0. The predicted octanol–water partition coefficient (Wildman–Crippen LogP) is 1.56. The first-order valence-corrected chi connectivity index (χ1v) is 4.88. The third kappa shape index (κ3) is 3.91. The molecular weight excluding hydrogens is 257 g/mol. The zero-order valence-corrected chi connectivity index (χ0v) is 8.46. The van der Waals surface area contributed by atoms with E-state index in [4.69, 9.17) is 4.74 Å². The van der Waals surface area contributed by atoms with Gasteiger partial charge in [0.15, 0.2) is 0 Å². The molecule has 0 atom stereocenters. The lowest BCUT2D eigenvalue weighted by atomic mass is 10.0. The van der Waals surface area contributed by atoms with Crippen LogP contribution in [0.3, 0.4) is 0 Å². The minimum Gasteiger partial charge on any atom is -0.381 e. The first-order chi connectivity index (χ1) is 5.29. The van der Waals surface area contributed by atoms with Gasteiger partial charge in [-0.25, -0.2) is 0 Å². The normalized spacial score (nSPS) is 19.7. The molecule has 1 saturated heterocycles. The smallest absolute Gasteiger partial charge is 0.280 e. The van der Waals surface area contributed by atoms with Crippen molar-refractivity contribution in [2.75, 3.05) is 19.8 Å². The Labute approximate surface area is 80.0 Å². The number of carbonyl (C=O) groups is 1. The van der Waals surface area contributed by atoms with E-state index in [2.05, 4.69) is 5.32 Å². The van der Waals surface area contributed by atoms with Gasteiger partial charge in [-0.1, -0.05) is 0 Å². The van der Waals surface area contributed by atoms with Crippen LogP contribution in [0.1, 0.15) is 12.8 Å². The molecule has 0 aromatic heterocycles. The van der Waals surface area contributed by atoms with Crippen molar-refractivity contribution in [2.24, 2.45) is 5.92 Å². The maximum absolute atomic E-state index is 10.5. The van der Waals surface area contributed by atoms with E-state index in [0.29, 0.717) is 5.92 Å². The zero-order valence-electron chi connectivity index (χ0n) is 6.31. The molecule has 1 heterocycles. The van der Waals surface area contributed by atoms with Crippen molar-refractivity contribution in [1.82, 2.24) is 5.32 Å². The number of rotatable bonds is 2. The molecule has 0 aromatic carbocycles. The highest BCUT2D eigenvalue weighted by Crippen LogP contribution is 2.13. The summed E-state index contributed by atoms with van der Waals surface area (Å²) in [6, 6.07) is 0. The van der Waals surface area contributed by atoms with Crippen molar-refractivity contribution in [1.29, 1.82) is 0 Å². The quantitative estimate of drug-likeness (QED) is 0.469. The van der Waals surface area contributed by atoms with E-state index in [1.807, 2.05) is 0 Å². The number of carbonyl (C=O) groups excluding carboxylic acids is 1. The monoisotopic (exact) mass is 269 g/mol. The molecule has 11 heavy (non-hydrogen) atoms. The van der Waals surface area contributed by atoms with Crippen LogP contribution in [0.2, 0.25) is 0 Å². The first-order valence-electron chi connectivity index (χ1n) is 3.80. The number of hydrogen-bond acceptors (Lipinski definition) is 2. The van der Waals surface area contributed by atoms with Gasteiger partial charge in [0.25, 0.3) is 3.91 Å². The van der Waals surface area contributed by atoms with Gasteiger partial charge in [-0.05, 0) is 18.8 Å². The third-order valence-electron chi connectivity index (χ3n) is 1.87. The standard InChI is InChI=1S/C7H12INO2/c8-7(10)9-5-6-1-3-11-4-2-6/h6H,1-5H2,(H,9,10). The number of amides is 1. The van der Waals surface area contributed by atoms with Crippen LogP contribution in [-0.4, -0.2) is 23.7 Å². The van der Waals surface area contributed by atoms with Crippen molar-refractivity contribution < 1.29 is 9.53 Å². The second kappa shape index (κ2) is 4.92. The van der Waals surface area contributed by atoms with Gasteiger partial charge in [-0.2, -0.15) is 0 Å². The fraction of sp³-hybridized carbons (Fsp3) is 0.857. The SMILES string of the molecule is O=C(I)NCC1CCOCC1. The molecule has 0 unspecified atom stereocenters. The summed E-state index contributed by atoms with van der Waals surface area (Å²) in [4.78, 5) is 10.5. The molecule has 1 aliphatic heterocycles. The van der Waals surface area contributed by atoms with Crippen LogP contribution in [0.25, 0.3) is 0 Å². The summed E-state index contributed by atoms with van der Waals surface area (Å²) in [6.07, 6.45) is 2.16. The van der Waals surface area contributed by atoms with Crippen LogP contribution in [0, 0.1) is 5.92 Å². The van der Waals surface area contributed by atoms with Gasteiger partial charge < -0.3 is 10.1 Å².